The van der Waals surface area contributed by atoms with Gasteiger partial charge in [-0.25, -0.2) is 4.79 Å². The molecular weight excluding hydrogens is 294 g/mol. The molecule has 1 aliphatic heterocycles. The lowest BCUT2D eigenvalue weighted by atomic mass is 10.2. The lowest BCUT2D eigenvalue weighted by Crippen LogP contribution is -2.41. The molecule has 1 fully saturated rings. The lowest BCUT2D eigenvalue weighted by Gasteiger charge is -2.20. The molecule has 0 radical (unpaired) electrons. The van der Waals surface area contributed by atoms with E-state index in [9.17, 15) is 14.7 Å². The number of benzene rings is 1. The Morgan fingerprint density at radius 2 is 1.95 bits per heavy atom. The highest BCUT2D eigenvalue weighted by atomic mass is 32.1. The average molecular weight is 311 g/mol. The van der Waals surface area contributed by atoms with Crippen LogP contribution in [0.5, 0.6) is 11.5 Å². The zero-order valence-corrected chi connectivity index (χ0v) is 12.5. The van der Waals surface area contributed by atoms with E-state index < -0.39 is 12.0 Å². The van der Waals surface area contributed by atoms with Crippen LogP contribution in [0.25, 0.3) is 0 Å². The number of carbonyl (C=O) groups excluding carboxylic acids is 1. The number of carbonyl (C=O) groups is 2. The maximum atomic E-state index is 11.7. The summed E-state index contributed by atoms with van der Waals surface area (Å²) in [5, 5.41) is 9.19. The molecule has 0 aromatic heterocycles. The lowest BCUT2D eigenvalue weighted by molar-refractivity contribution is -0.147. The van der Waals surface area contributed by atoms with Crippen LogP contribution in [0.4, 0.5) is 0 Å². The number of amides is 1. The minimum absolute atomic E-state index is 0.0148. The molecule has 1 saturated heterocycles. The summed E-state index contributed by atoms with van der Waals surface area (Å²) in [4.78, 5) is 24.3. The van der Waals surface area contributed by atoms with Gasteiger partial charge < -0.3 is 19.5 Å². The molecule has 114 valence electrons. The van der Waals surface area contributed by atoms with Gasteiger partial charge in [0, 0.05) is 6.42 Å². The number of hydrogen-bond donors (Lipinski definition) is 2. The molecule has 6 nitrogen and oxygen atoms in total. The molecule has 7 heteroatoms. The molecule has 0 aliphatic carbocycles. The van der Waals surface area contributed by atoms with Crippen LogP contribution in [0.15, 0.2) is 24.3 Å². The van der Waals surface area contributed by atoms with Gasteiger partial charge in [-0.15, -0.1) is 0 Å². The average Bonchev–Trinajstić information content (AvgIpc) is 2.91. The Morgan fingerprint density at radius 1 is 1.33 bits per heavy atom. The molecule has 1 heterocycles. The van der Waals surface area contributed by atoms with Crippen molar-refractivity contribution in [3.05, 3.63) is 24.3 Å². The van der Waals surface area contributed by atoms with E-state index in [1.165, 1.54) is 4.90 Å². The Morgan fingerprint density at radius 3 is 2.48 bits per heavy atom. The van der Waals surface area contributed by atoms with E-state index in [4.69, 9.17) is 9.47 Å². The van der Waals surface area contributed by atoms with Gasteiger partial charge in [-0.2, -0.15) is 12.6 Å². The number of nitrogens with zero attached hydrogens (tertiary/aromatic N) is 1. The van der Waals surface area contributed by atoms with Crippen LogP contribution in [0, 0.1) is 0 Å². The number of methoxy groups -OCH3 is 1. The second-order valence-corrected chi connectivity index (χ2v) is 5.03. The molecule has 2 rings (SSSR count). The zero-order chi connectivity index (χ0) is 15.4. The highest BCUT2D eigenvalue weighted by Gasteiger charge is 2.40. The summed E-state index contributed by atoms with van der Waals surface area (Å²) in [7, 11) is 1.57. The first kappa shape index (κ1) is 15.5. The fourth-order valence-corrected chi connectivity index (χ4v) is 2.51. The van der Waals surface area contributed by atoms with Gasteiger partial charge >= 0.3 is 5.97 Å². The third-order valence-electron chi connectivity index (χ3n) is 3.37. The second kappa shape index (κ2) is 6.71. The fourth-order valence-electron chi connectivity index (χ4n) is 2.33. The zero-order valence-electron chi connectivity index (χ0n) is 11.6. The Hall–Kier alpha value is -1.89. The number of carboxylic acids is 1. The smallest absolute Gasteiger partial charge is 0.326 e. The van der Waals surface area contributed by atoms with Crippen LogP contribution in [0.1, 0.15) is 6.42 Å². The maximum absolute atomic E-state index is 11.7. The van der Waals surface area contributed by atoms with E-state index in [2.05, 4.69) is 12.6 Å². The molecule has 2 atom stereocenters. The van der Waals surface area contributed by atoms with Crippen molar-refractivity contribution in [2.75, 3.05) is 19.4 Å². The molecule has 1 unspecified atom stereocenters. The van der Waals surface area contributed by atoms with Crippen LogP contribution in [-0.2, 0) is 9.59 Å². The third-order valence-corrected chi connectivity index (χ3v) is 3.64. The van der Waals surface area contributed by atoms with Crippen molar-refractivity contribution in [3.8, 4) is 11.5 Å². The van der Waals surface area contributed by atoms with Crippen molar-refractivity contribution in [2.45, 2.75) is 18.6 Å². The molecule has 21 heavy (non-hydrogen) atoms. The molecule has 0 saturated carbocycles. The Bertz CT molecular complexity index is 519. The van der Waals surface area contributed by atoms with Crippen LogP contribution >= 0.6 is 12.6 Å². The van der Waals surface area contributed by atoms with E-state index in [1.807, 2.05) is 0 Å². The predicted octanol–water partition coefficient (Wildman–Crippen LogP) is 1.06. The number of rotatable bonds is 5. The Balaban J connectivity index is 2.04. The predicted molar refractivity (Wildman–Crippen MR) is 79.0 cm³/mol. The van der Waals surface area contributed by atoms with E-state index in [0.717, 1.165) is 0 Å². The number of thiol groups is 1. The van der Waals surface area contributed by atoms with Gasteiger partial charge in [-0.3, -0.25) is 4.79 Å². The molecule has 1 aromatic carbocycles. The van der Waals surface area contributed by atoms with Crippen LogP contribution in [-0.4, -0.2) is 53.4 Å². The first-order valence-electron chi connectivity index (χ1n) is 6.49. The van der Waals surface area contributed by atoms with Crippen molar-refractivity contribution in [3.63, 3.8) is 0 Å². The van der Waals surface area contributed by atoms with Crippen molar-refractivity contribution in [1.82, 2.24) is 4.90 Å². The summed E-state index contributed by atoms with van der Waals surface area (Å²) in [5.41, 5.74) is 0. The molecule has 1 aliphatic rings. The molecule has 1 N–H and O–H groups in total. The number of likely N-dealkylation sites (tertiary alicyclic amines) is 1. The van der Waals surface area contributed by atoms with Gasteiger partial charge in [0.25, 0.3) is 0 Å². The highest BCUT2D eigenvalue weighted by molar-refractivity contribution is 7.81. The summed E-state index contributed by atoms with van der Waals surface area (Å²) in [6.07, 6.45) is -0.0794. The largest absolute Gasteiger partial charge is 0.497 e. The Labute approximate surface area is 128 Å². The van der Waals surface area contributed by atoms with Gasteiger partial charge in [-0.05, 0) is 24.3 Å². The first-order chi connectivity index (χ1) is 10.0. The summed E-state index contributed by atoms with van der Waals surface area (Å²) < 4.78 is 10.8. The quantitative estimate of drug-likeness (QED) is 0.795. The molecule has 1 amide bonds. The van der Waals surface area contributed by atoms with E-state index in [0.29, 0.717) is 11.5 Å². The molecule has 0 spiro atoms. The van der Waals surface area contributed by atoms with Crippen molar-refractivity contribution < 1.29 is 24.2 Å². The van der Waals surface area contributed by atoms with Crippen molar-refractivity contribution in [1.29, 1.82) is 0 Å². The normalized spacial score (nSPS) is 21.1. The van der Waals surface area contributed by atoms with Gasteiger partial charge in [0.2, 0.25) is 5.91 Å². The fraction of sp³-hybridized carbons (Fsp3) is 0.429. The minimum atomic E-state index is -1.02. The van der Waals surface area contributed by atoms with Crippen LogP contribution < -0.4 is 9.47 Å². The summed E-state index contributed by atoms with van der Waals surface area (Å²) in [6.45, 7) is 0.252. The van der Waals surface area contributed by atoms with Gasteiger partial charge in [-0.1, -0.05) is 0 Å². The minimum Gasteiger partial charge on any atom is -0.497 e. The maximum Gasteiger partial charge on any atom is 0.326 e. The van der Waals surface area contributed by atoms with Gasteiger partial charge in [0.1, 0.15) is 23.6 Å². The molecule has 1 aromatic rings. The summed E-state index contributed by atoms with van der Waals surface area (Å²) >= 11 is 3.91. The number of carboxylic acid groups (broad SMARTS) is 1. The van der Waals surface area contributed by atoms with Gasteiger partial charge in [0.05, 0.1) is 19.4 Å². The van der Waals surface area contributed by atoms with Crippen molar-refractivity contribution in [2.24, 2.45) is 0 Å². The van der Waals surface area contributed by atoms with Gasteiger partial charge in [0.15, 0.2) is 0 Å². The molecule has 0 bridgehead atoms. The molecular formula is C14H17NO5S. The summed E-state index contributed by atoms with van der Waals surface area (Å²) in [5.74, 6) is -0.00864. The number of aliphatic carboxylic acids is 1. The summed E-state index contributed by atoms with van der Waals surface area (Å²) in [6, 6.07) is 6.16. The van der Waals surface area contributed by atoms with Crippen molar-refractivity contribution >= 4 is 24.5 Å². The van der Waals surface area contributed by atoms with Crippen LogP contribution in [0.3, 0.4) is 0 Å². The Kier molecular flexibility index (Phi) is 4.95. The monoisotopic (exact) mass is 311 g/mol. The topological polar surface area (TPSA) is 76.1 Å². The van der Waals surface area contributed by atoms with E-state index in [1.54, 1.807) is 31.4 Å². The van der Waals surface area contributed by atoms with E-state index in [-0.39, 0.29) is 30.7 Å². The van der Waals surface area contributed by atoms with E-state index >= 15 is 0 Å². The number of ether oxygens (including phenoxy) is 2. The standard InChI is InChI=1S/C14H17NO5S/c1-19-9-2-4-10(5-3-9)20-11-6-12(14(17)18)15(7-11)13(16)8-21/h2-5,11-12,21H,6-8H2,1H3,(H,17,18)/t11?,12-/m0/s1. The number of hydrogen-bond acceptors (Lipinski definition) is 5. The third kappa shape index (κ3) is 3.60. The SMILES string of the molecule is COc1ccc(OC2C[C@@H](C(=O)O)N(C(=O)CS)C2)cc1. The van der Waals surface area contributed by atoms with Crippen LogP contribution in [0.2, 0.25) is 0 Å². The second-order valence-electron chi connectivity index (χ2n) is 4.71. The highest BCUT2D eigenvalue weighted by Crippen LogP contribution is 2.25. The first-order valence-corrected chi connectivity index (χ1v) is 7.12.